The van der Waals surface area contributed by atoms with E-state index in [9.17, 15) is 18.0 Å². The number of ether oxygens (including phenoxy) is 1. The first kappa shape index (κ1) is 13.2. The largest absolute Gasteiger partial charge is 0.453 e. The van der Waals surface area contributed by atoms with Crippen LogP contribution in [0, 0.1) is 0 Å². The second kappa shape index (κ2) is 5.17. The highest BCUT2D eigenvalue weighted by molar-refractivity contribution is 5.42. The molecule has 2 aromatic rings. The van der Waals surface area contributed by atoms with Gasteiger partial charge in [-0.25, -0.2) is 0 Å². The third kappa shape index (κ3) is 2.78. The number of halogens is 3. The summed E-state index contributed by atoms with van der Waals surface area (Å²) in [5.74, 6) is 0. The van der Waals surface area contributed by atoms with Crippen molar-refractivity contribution >= 4 is 6.47 Å². The van der Waals surface area contributed by atoms with Crippen molar-refractivity contribution in [3.63, 3.8) is 0 Å². The van der Waals surface area contributed by atoms with E-state index in [0.717, 1.165) is 6.07 Å². The summed E-state index contributed by atoms with van der Waals surface area (Å²) in [5.41, 5.74) is -0.573. The summed E-state index contributed by atoms with van der Waals surface area (Å²) in [4.78, 5) is 13.0. The van der Waals surface area contributed by atoms with E-state index < -0.39 is 17.8 Å². The van der Waals surface area contributed by atoms with Gasteiger partial charge in [0.05, 0.1) is 11.3 Å². The number of H-pyrrole nitrogens is 1. The van der Waals surface area contributed by atoms with E-state index in [2.05, 4.69) is 4.98 Å². The van der Waals surface area contributed by atoms with Gasteiger partial charge in [-0.15, -0.1) is 0 Å². The molecule has 0 bridgehead atoms. The summed E-state index contributed by atoms with van der Waals surface area (Å²) < 4.78 is 43.3. The molecule has 0 fully saturated rings. The van der Waals surface area contributed by atoms with E-state index in [4.69, 9.17) is 4.74 Å². The Kier molecular flexibility index (Phi) is 3.59. The first-order valence-corrected chi connectivity index (χ1v) is 5.42. The molecule has 0 aliphatic rings. The van der Waals surface area contributed by atoms with Crippen LogP contribution >= 0.6 is 0 Å². The number of rotatable bonds is 4. The van der Waals surface area contributed by atoms with E-state index in [1.807, 2.05) is 0 Å². The third-order valence-corrected chi connectivity index (χ3v) is 2.64. The lowest BCUT2D eigenvalue weighted by atomic mass is 10.0. The van der Waals surface area contributed by atoms with Crippen molar-refractivity contribution < 1.29 is 22.7 Å². The van der Waals surface area contributed by atoms with Crippen molar-refractivity contribution in [2.45, 2.75) is 12.3 Å². The van der Waals surface area contributed by atoms with Crippen LogP contribution in [0.3, 0.4) is 0 Å². The zero-order chi connectivity index (χ0) is 13.9. The lowest BCUT2D eigenvalue weighted by Crippen LogP contribution is -2.13. The van der Waals surface area contributed by atoms with E-state index in [1.165, 1.54) is 6.20 Å². The highest BCUT2D eigenvalue weighted by Crippen LogP contribution is 2.37. The van der Waals surface area contributed by atoms with Crippen molar-refractivity contribution in [2.24, 2.45) is 0 Å². The number of alkyl halides is 3. The molecule has 1 atom stereocenters. The fourth-order valence-electron chi connectivity index (χ4n) is 1.84. The van der Waals surface area contributed by atoms with Gasteiger partial charge in [0.1, 0.15) is 0 Å². The molecule has 0 saturated carbocycles. The Morgan fingerprint density at radius 1 is 1.16 bits per heavy atom. The second-order valence-electron chi connectivity index (χ2n) is 3.83. The van der Waals surface area contributed by atoms with Crippen LogP contribution in [0.2, 0.25) is 0 Å². The van der Waals surface area contributed by atoms with Gasteiger partial charge in [0.25, 0.3) is 6.47 Å². The zero-order valence-electron chi connectivity index (χ0n) is 9.65. The number of hydrogen-bond acceptors (Lipinski definition) is 2. The van der Waals surface area contributed by atoms with Gasteiger partial charge in [-0.1, -0.05) is 30.3 Å². The maximum atomic E-state index is 12.8. The summed E-state index contributed by atoms with van der Waals surface area (Å²) in [6.45, 7) is 0.138. The molecule has 0 amide bonds. The van der Waals surface area contributed by atoms with Crippen molar-refractivity contribution in [3.05, 3.63) is 59.4 Å². The fraction of sp³-hybridized carbons (Fsp3) is 0.154. The van der Waals surface area contributed by atoms with Gasteiger partial charge in [-0.05, 0) is 11.6 Å². The Labute approximate surface area is 107 Å². The molecule has 1 aromatic heterocycles. The molecular weight excluding hydrogens is 259 g/mol. The van der Waals surface area contributed by atoms with Gasteiger partial charge in [-0.3, -0.25) is 4.79 Å². The predicted octanol–water partition coefficient (Wildman–Crippen LogP) is 3.30. The third-order valence-electron chi connectivity index (χ3n) is 2.64. The molecule has 0 aliphatic heterocycles. The number of aromatic nitrogens is 1. The number of carbonyl (C=O) groups excluding carboxylic acids is 1. The maximum Gasteiger partial charge on any atom is 0.418 e. The molecule has 1 aromatic carbocycles. The Morgan fingerprint density at radius 3 is 2.42 bits per heavy atom. The average Bonchev–Trinajstić information content (AvgIpc) is 2.86. The van der Waals surface area contributed by atoms with Gasteiger partial charge < -0.3 is 9.72 Å². The van der Waals surface area contributed by atoms with Crippen LogP contribution in [-0.4, -0.2) is 11.5 Å². The van der Waals surface area contributed by atoms with Gasteiger partial charge in [-0.2, -0.15) is 13.2 Å². The van der Waals surface area contributed by atoms with Crippen molar-refractivity contribution in [3.8, 4) is 0 Å². The van der Waals surface area contributed by atoms with E-state index in [0.29, 0.717) is 5.56 Å². The number of aromatic amines is 1. The molecule has 0 radical (unpaired) electrons. The number of benzene rings is 1. The maximum absolute atomic E-state index is 12.8. The minimum atomic E-state index is -4.51. The lowest BCUT2D eigenvalue weighted by Gasteiger charge is -2.17. The van der Waals surface area contributed by atoms with Gasteiger partial charge in [0.2, 0.25) is 0 Å². The summed E-state index contributed by atoms with van der Waals surface area (Å²) in [7, 11) is 0. The Balaban J connectivity index is 2.46. The van der Waals surface area contributed by atoms with E-state index >= 15 is 0 Å². The second-order valence-corrected chi connectivity index (χ2v) is 3.83. The molecule has 2 rings (SSSR count). The molecule has 0 spiro atoms. The molecule has 0 aliphatic carbocycles. The first-order chi connectivity index (χ1) is 9.04. The summed E-state index contributed by atoms with van der Waals surface area (Å²) >= 11 is 0. The van der Waals surface area contributed by atoms with Crippen LogP contribution in [0.4, 0.5) is 13.2 Å². The number of carbonyl (C=O) groups is 1. The highest BCUT2D eigenvalue weighted by atomic mass is 19.4. The number of hydrogen-bond donors (Lipinski definition) is 1. The standard InChI is InChI=1S/C13H10F3NO2/c14-13(15,16)10-6-7-17-11(10)12(19-8-18)9-4-2-1-3-5-9/h1-8,12,17H. The molecule has 6 heteroatoms. The van der Waals surface area contributed by atoms with Crippen LogP contribution in [0.25, 0.3) is 0 Å². The van der Waals surface area contributed by atoms with Gasteiger partial charge in [0, 0.05) is 6.20 Å². The molecule has 1 unspecified atom stereocenters. The first-order valence-electron chi connectivity index (χ1n) is 5.42. The summed E-state index contributed by atoms with van der Waals surface area (Å²) in [5, 5.41) is 0. The highest BCUT2D eigenvalue weighted by Gasteiger charge is 2.37. The topological polar surface area (TPSA) is 42.1 Å². The molecule has 1 heterocycles. The van der Waals surface area contributed by atoms with Gasteiger partial charge in [0.15, 0.2) is 6.10 Å². The molecule has 19 heavy (non-hydrogen) atoms. The van der Waals surface area contributed by atoms with Crippen LogP contribution in [-0.2, 0) is 15.7 Å². The van der Waals surface area contributed by atoms with Crippen LogP contribution in [0.1, 0.15) is 22.9 Å². The molecular formula is C13H10F3NO2. The van der Waals surface area contributed by atoms with Crippen molar-refractivity contribution in [1.29, 1.82) is 0 Å². The minimum Gasteiger partial charge on any atom is -0.453 e. The normalized spacial score (nSPS) is 13.0. The molecule has 1 N–H and O–H groups in total. The minimum absolute atomic E-state index is 0.138. The van der Waals surface area contributed by atoms with Crippen molar-refractivity contribution in [1.82, 2.24) is 4.98 Å². The van der Waals surface area contributed by atoms with Crippen LogP contribution in [0.5, 0.6) is 0 Å². The summed E-state index contributed by atoms with van der Waals surface area (Å²) in [6.07, 6.45) is -4.44. The SMILES string of the molecule is O=COC(c1ccccc1)c1[nH]ccc1C(F)(F)F. The Morgan fingerprint density at radius 2 is 1.84 bits per heavy atom. The van der Waals surface area contributed by atoms with Crippen molar-refractivity contribution in [2.75, 3.05) is 0 Å². The summed E-state index contributed by atoms with van der Waals surface area (Å²) in [6, 6.07) is 9.14. The van der Waals surface area contributed by atoms with Gasteiger partial charge >= 0.3 is 6.18 Å². The smallest absolute Gasteiger partial charge is 0.418 e. The Hall–Kier alpha value is -2.24. The van der Waals surface area contributed by atoms with E-state index in [1.54, 1.807) is 30.3 Å². The number of nitrogens with one attached hydrogen (secondary N) is 1. The van der Waals surface area contributed by atoms with E-state index in [-0.39, 0.29) is 12.2 Å². The van der Waals surface area contributed by atoms with Crippen LogP contribution in [0.15, 0.2) is 42.6 Å². The fourth-order valence-corrected chi connectivity index (χ4v) is 1.84. The van der Waals surface area contributed by atoms with Crippen LogP contribution < -0.4 is 0 Å². The molecule has 100 valence electrons. The molecule has 3 nitrogen and oxygen atoms in total. The monoisotopic (exact) mass is 269 g/mol. The predicted molar refractivity (Wildman–Crippen MR) is 61.2 cm³/mol. The Bertz CT molecular complexity index is 549. The average molecular weight is 269 g/mol. The quantitative estimate of drug-likeness (QED) is 0.865. The molecule has 0 saturated heterocycles. The zero-order valence-corrected chi connectivity index (χ0v) is 9.65. The lowest BCUT2D eigenvalue weighted by molar-refractivity contribution is -0.141.